The third-order valence-corrected chi connectivity index (χ3v) is 7.47. The van der Waals surface area contributed by atoms with Crippen LogP contribution in [0.4, 0.5) is 0 Å². The number of rotatable bonds is 11. The molecule has 6 nitrogen and oxygen atoms in total. The average Bonchev–Trinajstić information content (AvgIpc) is 3.40. The van der Waals surface area contributed by atoms with Crippen LogP contribution in [0.2, 0.25) is 0 Å². The summed E-state index contributed by atoms with van der Waals surface area (Å²) in [6.07, 6.45) is 7.28. The molecule has 2 aliphatic heterocycles. The second kappa shape index (κ2) is 12.3. The van der Waals surface area contributed by atoms with Crippen LogP contribution in [0.15, 0.2) is 73.1 Å². The van der Waals surface area contributed by atoms with Gasteiger partial charge in [-0.05, 0) is 73.2 Å². The van der Waals surface area contributed by atoms with Crippen molar-refractivity contribution in [2.75, 3.05) is 40.1 Å². The van der Waals surface area contributed by atoms with E-state index in [0.29, 0.717) is 18.8 Å². The van der Waals surface area contributed by atoms with Crippen LogP contribution in [0.25, 0.3) is 0 Å². The molecule has 2 aliphatic rings. The van der Waals surface area contributed by atoms with Gasteiger partial charge in [0.2, 0.25) is 6.79 Å². The number of hydrogen-bond acceptors (Lipinski definition) is 6. The highest BCUT2D eigenvalue weighted by atomic mass is 16.7. The standard InChI is InChI=1S/C30H37N3O3/c1-34-17-16-33(22-26-8-5-13-31-20-26)28(18-24-6-3-2-4-7-24)27-11-14-32(15-12-27)21-25-9-10-29-30(19-25)36-23-35-29/h2-10,13,19-20,27-28H,11-12,14-18,21-23H2,1H3. The van der Waals surface area contributed by atoms with Gasteiger partial charge in [0, 0.05) is 45.2 Å². The first-order chi connectivity index (χ1) is 17.8. The smallest absolute Gasteiger partial charge is 0.231 e. The molecular formula is C30H37N3O3. The van der Waals surface area contributed by atoms with Gasteiger partial charge in [-0.15, -0.1) is 0 Å². The number of ether oxygens (including phenoxy) is 3. The molecule has 3 heterocycles. The molecule has 1 unspecified atom stereocenters. The van der Waals surface area contributed by atoms with Gasteiger partial charge < -0.3 is 14.2 Å². The van der Waals surface area contributed by atoms with Gasteiger partial charge in [-0.25, -0.2) is 0 Å². The number of hydrogen-bond donors (Lipinski definition) is 0. The Labute approximate surface area is 214 Å². The Kier molecular flexibility index (Phi) is 8.49. The van der Waals surface area contributed by atoms with Crippen molar-refractivity contribution in [1.82, 2.24) is 14.8 Å². The second-order valence-electron chi connectivity index (χ2n) is 9.88. The zero-order valence-electron chi connectivity index (χ0n) is 21.2. The van der Waals surface area contributed by atoms with Crippen molar-refractivity contribution in [2.24, 2.45) is 5.92 Å². The molecule has 1 atom stereocenters. The van der Waals surface area contributed by atoms with Gasteiger partial charge >= 0.3 is 0 Å². The fourth-order valence-corrected chi connectivity index (χ4v) is 5.54. The number of methoxy groups -OCH3 is 1. The fraction of sp³-hybridized carbons (Fsp3) is 0.433. The highest BCUT2D eigenvalue weighted by Crippen LogP contribution is 2.34. The molecule has 0 amide bonds. The minimum absolute atomic E-state index is 0.325. The molecule has 0 saturated carbocycles. The summed E-state index contributed by atoms with van der Waals surface area (Å²) >= 11 is 0. The average molecular weight is 488 g/mol. The minimum atomic E-state index is 0.325. The molecule has 0 bridgehead atoms. The molecule has 0 spiro atoms. The molecular weight excluding hydrogens is 450 g/mol. The third kappa shape index (κ3) is 6.44. The van der Waals surface area contributed by atoms with Crippen LogP contribution in [0.1, 0.15) is 29.5 Å². The van der Waals surface area contributed by atoms with Crippen LogP contribution < -0.4 is 9.47 Å². The number of nitrogens with zero attached hydrogens (tertiary/aromatic N) is 3. The number of likely N-dealkylation sites (tertiary alicyclic amines) is 1. The van der Waals surface area contributed by atoms with E-state index in [2.05, 4.69) is 63.3 Å². The van der Waals surface area contributed by atoms with Gasteiger partial charge in [0.05, 0.1) is 6.61 Å². The predicted octanol–water partition coefficient (Wildman–Crippen LogP) is 4.78. The fourth-order valence-electron chi connectivity index (χ4n) is 5.54. The third-order valence-electron chi connectivity index (χ3n) is 7.47. The molecule has 36 heavy (non-hydrogen) atoms. The molecule has 1 saturated heterocycles. The summed E-state index contributed by atoms with van der Waals surface area (Å²) in [6, 6.07) is 21.9. The molecule has 0 N–H and O–H groups in total. The first-order valence-corrected chi connectivity index (χ1v) is 13.0. The van der Waals surface area contributed by atoms with Gasteiger partial charge in [0.25, 0.3) is 0 Å². The van der Waals surface area contributed by atoms with Crippen molar-refractivity contribution < 1.29 is 14.2 Å². The molecule has 0 aliphatic carbocycles. The van der Waals surface area contributed by atoms with E-state index in [-0.39, 0.29) is 0 Å². The zero-order valence-corrected chi connectivity index (χ0v) is 21.2. The summed E-state index contributed by atoms with van der Waals surface area (Å²) in [5.74, 6) is 2.35. The molecule has 1 aromatic heterocycles. The van der Waals surface area contributed by atoms with Crippen LogP contribution >= 0.6 is 0 Å². The maximum Gasteiger partial charge on any atom is 0.231 e. The van der Waals surface area contributed by atoms with Crippen molar-refractivity contribution in [3.63, 3.8) is 0 Å². The highest BCUT2D eigenvalue weighted by Gasteiger charge is 2.31. The van der Waals surface area contributed by atoms with Crippen molar-refractivity contribution in [3.05, 3.63) is 89.7 Å². The Balaban J connectivity index is 1.28. The van der Waals surface area contributed by atoms with E-state index in [9.17, 15) is 0 Å². The zero-order chi connectivity index (χ0) is 24.6. The Hall–Kier alpha value is -2.93. The van der Waals surface area contributed by atoms with Crippen molar-refractivity contribution in [2.45, 2.75) is 38.4 Å². The molecule has 2 aromatic carbocycles. The van der Waals surface area contributed by atoms with Crippen molar-refractivity contribution in [3.8, 4) is 11.5 Å². The van der Waals surface area contributed by atoms with Crippen LogP contribution in [0, 0.1) is 5.92 Å². The Morgan fingerprint density at radius 3 is 2.56 bits per heavy atom. The van der Waals surface area contributed by atoms with E-state index >= 15 is 0 Å². The van der Waals surface area contributed by atoms with E-state index < -0.39 is 0 Å². The normalized spacial score (nSPS) is 16.9. The monoisotopic (exact) mass is 487 g/mol. The summed E-state index contributed by atoms with van der Waals surface area (Å²) in [6.45, 7) is 6.03. The first-order valence-electron chi connectivity index (χ1n) is 13.0. The first kappa shape index (κ1) is 24.8. The summed E-state index contributed by atoms with van der Waals surface area (Å²) in [4.78, 5) is 9.57. The number of fused-ring (bicyclic) bond motifs is 1. The van der Waals surface area contributed by atoms with Crippen LogP contribution in [0.5, 0.6) is 11.5 Å². The molecule has 3 aromatic rings. The van der Waals surface area contributed by atoms with E-state index in [1.165, 1.54) is 29.5 Å². The second-order valence-corrected chi connectivity index (χ2v) is 9.88. The predicted molar refractivity (Wildman–Crippen MR) is 141 cm³/mol. The lowest BCUT2D eigenvalue weighted by atomic mass is 9.84. The van der Waals surface area contributed by atoms with Gasteiger partial charge in [-0.1, -0.05) is 42.5 Å². The molecule has 5 rings (SSSR count). The lowest BCUT2D eigenvalue weighted by Gasteiger charge is -2.41. The van der Waals surface area contributed by atoms with Crippen LogP contribution in [-0.2, 0) is 24.2 Å². The van der Waals surface area contributed by atoms with Gasteiger partial charge in [0.1, 0.15) is 0 Å². The number of piperidine rings is 1. The van der Waals surface area contributed by atoms with E-state index in [1.54, 1.807) is 7.11 Å². The molecule has 0 radical (unpaired) electrons. The Morgan fingerprint density at radius 1 is 0.972 bits per heavy atom. The Morgan fingerprint density at radius 2 is 1.78 bits per heavy atom. The van der Waals surface area contributed by atoms with Crippen LogP contribution in [0.3, 0.4) is 0 Å². The van der Waals surface area contributed by atoms with Gasteiger partial charge in [-0.3, -0.25) is 14.8 Å². The quantitative estimate of drug-likeness (QED) is 0.388. The van der Waals surface area contributed by atoms with E-state index in [1.807, 2.05) is 24.5 Å². The molecule has 1 fully saturated rings. The van der Waals surface area contributed by atoms with Crippen molar-refractivity contribution >= 4 is 0 Å². The minimum Gasteiger partial charge on any atom is -0.454 e. The van der Waals surface area contributed by atoms with Crippen LogP contribution in [-0.4, -0.2) is 61.0 Å². The maximum atomic E-state index is 5.58. The summed E-state index contributed by atoms with van der Waals surface area (Å²) in [5, 5.41) is 0. The van der Waals surface area contributed by atoms with Gasteiger partial charge in [-0.2, -0.15) is 0 Å². The largest absolute Gasteiger partial charge is 0.454 e. The lowest BCUT2D eigenvalue weighted by Crippen LogP contribution is -2.47. The van der Waals surface area contributed by atoms with Crippen molar-refractivity contribution in [1.29, 1.82) is 0 Å². The molecule has 190 valence electrons. The van der Waals surface area contributed by atoms with Gasteiger partial charge in [0.15, 0.2) is 11.5 Å². The highest BCUT2D eigenvalue weighted by molar-refractivity contribution is 5.44. The SMILES string of the molecule is COCCN(Cc1cccnc1)C(Cc1ccccc1)C1CCN(Cc2ccc3c(c2)OCO3)CC1. The lowest BCUT2D eigenvalue weighted by molar-refractivity contribution is 0.0571. The number of aromatic nitrogens is 1. The summed E-state index contributed by atoms with van der Waals surface area (Å²) < 4.78 is 16.6. The van der Waals surface area contributed by atoms with E-state index in [4.69, 9.17) is 14.2 Å². The molecule has 6 heteroatoms. The van der Waals surface area contributed by atoms with E-state index in [0.717, 1.165) is 57.3 Å². The number of benzene rings is 2. The summed E-state index contributed by atoms with van der Waals surface area (Å²) in [5.41, 5.74) is 3.95. The number of pyridine rings is 1. The topological polar surface area (TPSA) is 47.1 Å². The maximum absolute atomic E-state index is 5.58. The Bertz CT molecular complexity index is 1070. The summed E-state index contributed by atoms with van der Waals surface area (Å²) in [7, 11) is 1.79.